The number of primary sulfonamides is 1. The molecule has 2 aromatic rings. The average Bonchev–Trinajstić information content (AvgIpc) is 2.46. The Morgan fingerprint density at radius 1 is 0.792 bits per heavy atom. The van der Waals surface area contributed by atoms with E-state index in [1.807, 2.05) is 0 Å². The molecule has 130 valence electrons. The lowest BCUT2D eigenvalue weighted by Gasteiger charge is -2.10. The quantitative estimate of drug-likeness (QED) is 0.848. The maximum Gasteiger partial charge on any atom is 0.416 e. The number of sulfonamides is 2. The molecule has 0 bridgehead atoms. The summed E-state index contributed by atoms with van der Waals surface area (Å²) in [5.41, 5.74) is -0.985. The van der Waals surface area contributed by atoms with Crippen molar-refractivity contribution in [3.05, 3.63) is 54.1 Å². The molecule has 24 heavy (non-hydrogen) atoms. The number of benzene rings is 2. The van der Waals surface area contributed by atoms with Gasteiger partial charge in [-0.2, -0.15) is 13.2 Å². The second kappa shape index (κ2) is 6.07. The van der Waals surface area contributed by atoms with Gasteiger partial charge in [-0.1, -0.05) is 0 Å². The van der Waals surface area contributed by atoms with Crippen LogP contribution in [0.4, 0.5) is 18.9 Å². The molecule has 6 nitrogen and oxygen atoms in total. The maximum atomic E-state index is 12.5. The zero-order chi connectivity index (χ0) is 18.2. The molecular formula is C13H11F3N2O4S2. The summed E-state index contributed by atoms with van der Waals surface area (Å²) in [5.74, 6) is 0. The van der Waals surface area contributed by atoms with Gasteiger partial charge >= 0.3 is 6.18 Å². The van der Waals surface area contributed by atoms with Crippen molar-refractivity contribution in [3.8, 4) is 0 Å². The van der Waals surface area contributed by atoms with E-state index in [0.29, 0.717) is 0 Å². The number of hydrogen-bond donors (Lipinski definition) is 2. The Hall–Kier alpha value is -2.11. The highest BCUT2D eigenvalue weighted by molar-refractivity contribution is 7.92. The first kappa shape index (κ1) is 18.2. The van der Waals surface area contributed by atoms with Crippen LogP contribution < -0.4 is 9.86 Å². The van der Waals surface area contributed by atoms with E-state index in [9.17, 15) is 30.0 Å². The molecule has 0 fully saturated rings. The average molecular weight is 380 g/mol. The maximum absolute atomic E-state index is 12.5. The molecule has 0 spiro atoms. The van der Waals surface area contributed by atoms with Crippen LogP contribution in [0.3, 0.4) is 0 Å². The predicted molar refractivity (Wildman–Crippen MR) is 80.1 cm³/mol. The monoisotopic (exact) mass is 380 g/mol. The zero-order valence-corrected chi connectivity index (χ0v) is 13.4. The summed E-state index contributed by atoms with van der Waals surface area (Å²) >= 11 is 0. The van der Waals surface area contributed by atoms with E-state index < -0.39 is 31.8 Å². The van der Waals surface area contributed by atoms with Crippen LogP contribution in [0.1, 0.15) is 5.56 Å². The fraction of sp³-hybridized carbons (Fsp3) is 0.0769. The minimum atomic E-state index is -4.53. The SMILES string of the molecule is NS(=O)(=O)c1ccc(S(=O)(=O)Nc2ccc(C(F)(F)F)cc2)cc1. The standard InChI is InChI=1S/C13H11F3N2O4S2/c14-13(15,16)9-1-3-10(4-2-9)18-24(21,22)12-7-5-11(6-8-12)23(17,19)20/h1-8,18H,(H2,17,19,20). The van der Waals surface area contributed by atoms with E-state index in [0.717, 1.165) is 48.5 Å². The van der Waals surface area contributed by atoms with Crippen molar-refractivity contribution < 1.29 is 30.0 Å². The second-order valence-corrected chi connectivity index (χ2v) is 7.94. The lowest BCUT2D eigenvalue weighted by Crippen LogP contribution is -2.15. The summed E-state index contributed by atoms with van der Waals surface area (Å²) in [4.78, 5) is -0.536. The molecule has 2 rings (SSSR count). The molecule has 0 aliphatic carbocycles. The number of nitrogens with two attached hydrogens (primary N) is 1. The van der Waals surface area contributed by atoms with Crippen LogP contribution >= 0.6 is 0 Å². The Bertz CT molecular complexity index is 936. The highest BCUT2D eigenvalue weighted by atomic mass is 32.2. The van der Waals surface area contributed by atoms with Crippen molar-refractivity contribution >= 4 is 25.7 Å². The van der Waals surface area contributed by atoms with Gasteiger partial charge in [0.15, 0.2) is 0 Å². The highest BCUT2D eigenvalue weighted by Crippen LogP contribution is 2.30. The summed E-state index contributed by atoms with van der Waals surface area (Å²) < 4.78 is 86.0. The summed E-state index contributed by atoms with van der Waals surface area (Å²) in [6.07, 6.45) is -4.53. The fourth-order valence-electron chi connectivity index (χ4n) is 1.75. The van der Waals surface area contributed by atoms with Gasteiger partial charge in [0.2, 0.25) is 10.0 Å². The van der Waals surface area contributed by atoms with Gasteiger partial charge < -0.3 is 0 Å². The lowest BCUT2D eigenvalue weighted by atomic mass is 10.2. The van der Waals surface area contributed by atoms with Crippen molar-refractivity contribution in [2.75, 3.05) is 4.72 Å². The van der Waals surface area contributed by atoms with E-state index in [-0.39, 0.29) is 15.5 Å². The zero-order valence-electron chi connectivity index (χ0n) is 11.8. The van der Waals surface area contributed by atoms with Crippen LogP contribution in [0.5, 0.6) is 0 Å². The van der Waals surface area contributed by atoms with Crippen LogP contribution in [0.25, 0.3) is 0 Å². The molecule has 2 aromatic carbocycles. The molecule has 0 aromatic heterocycles. The van der Waals surface area contributed by atoms with Crippen molar-refractivity contribution in [1.29, 1.82) is 0 Å². The molecule has 0 atom stereocenters. The number of hydrogen-bond acceptors (Lipinski definition) is 4. The Morgan fingerprint density at radius 2 is 1.25 bits per heavy atom. The number of nitrogens with one attached hydrogen (secondary N) is 1. The van der Waals surface area contributed by atoms with Crippen molar-refractivity contribution in [2.24, 2.45) is 5.14 Å². The van der Waals surface area contributed by atoms with Crippen LogP contribution in [0.2, 0.25) is 0 Å². The summed E-state index contributed by atoms with van der Waals surface area (Å²) in [5, 5.41) is 4.90. The molecule has 0 aliphatic heterocycles. The van der Waals surface area contributed by atoms with Gasteiger partial charge in [-0.15, -0.1) is 0 Å². The highest BCUT2D eigenvalue weighted by Gasteiger charge is 2.30. The number of halogens is 3. The minimum Gasteiger partial charge on any atom is -0.280 e. The Balaban J connectivity index is 2.25. The van der Waals surface area contributed by atoms with Crippen LogP contribution in [-0.4, -0.2) is 16.8 Å². The first-order valence-corrected chi connectivity index (χ1v) is 9.25. The summed E-state index contributed by atoms with van der Waals surface area (Å²) in [6.45, 7) is 0. The van der Waals surface area contributed by atoms with Gasteiger partial charge in [-0.3, -0.25) is 4.72 Å². The van der Waals surface area contributed by atoms with E-state index >= 15 is 0 Å². The van der Waals surface area contributed by atoms with Gasteiger partial charge in [0.05, 0.1) is 15.4 Å². The van der Waals surface area contributed by atoms with Crippen LogP contribution in [0.15, 0.2) is 58.3 Å². The topological polar surface area (TPSA) is 106 Å². The van der Waals surface area contributed by atoms with Crippen LogP contribution in [-0.2, 0) is 26.2 Å². The number of alkyl halides is 3. The molecular weight excluding hydrogens is 369 g/mol. The minimum absolute atomic E-state index is 0.0708. The van der Waals surface area contributed by atoms with Gasteiger partial charge in [0, 0.05) is 5.69 Å². The largest absolute Gasteiger partial charge is 0.416 e. The van der Waals surface area contributed by atoms with Gasteiger partial charge in [-0.05, 0) is 48.5 Å². The lowest BCUT2D eigenvalue weighted by molar-refractivity contribution is -0.137. The second-order valence-electron chi connectivity index (χ2n) is 4.70. The molecule has 0 unspecified atom stereocenters. The first-order valence-electron chi connectivity index (χ1n) is 6.22. The van der Waals surface area contributed by atoms with Gasteiger partial charge in [-0.25, -0.2) is 22.0 Å². The molecule has 0 saturated heterocycles. The fourth-order valence-corrected chi connectivity index (χ4v) is 3.32. The first-order chi connectivity index (χ1) is 10.9. The van der Waals surface area contributed by atoms with Gasteiger partial charge in [0.1, 0.15) is 0 Å². The Morgan fingerprint density at radius 3 is 1.67 bits per heavy atom. The van der Waals surface area contributed by atoms with E-state index in [4.69, 9.17) is 5.14 Å². The Labute approximate surface area is 136 Å². The molecule has 0 radical (unpaired) electrons. The third-order valence-corrected chi connectivity index (χ3v) is 5.25. The van der Waals surface area contributed by atoms with E-state index in [2.05, 4.69) is 4.72 Å². The molecule has 0 aliphatic rings. The number of rotatable bonds is 4. The molecule has 11 heteroatoms. The molecule has 0 saturated carbocycles. The van der Waals surface area contributed by atoms with E-state index in [1.165, 1.54) is 0 Å². The Kier molecular flexibility index (Phi) is 4.61. The smallest absolute Gasteiger partial charge is 0.280 e. The van der Waals surface area contributed by atoms with Crippen molar-refractivity contribution in [1.82, 2.24) is 0 Å². The molecule has 0 amide bonds. The predicted octanol–water partition coefficient (Wildman–Crippen LogP) is 2.15. The van der Waals surface area contributed by atoms with Crippen molar-refractivity contribution in [3.63, 3.8) is 0 Å². The summed E-state index contributed by atoms with van der Waals surface area (Å²) in [6, 6.07) is 7.48. The van der Waals surface area contributed by atoms with E-state index in [1.54, 1.807) is 0 Å². The normalized spacial score (nSPS) is 12.8. The molecule has 0 heterocycles. The third kappa shape index (κ3) is 4.24. The van der Waals surface area contributed by atoms with Crippen LogP contribution in [0, 0.1) is 0 Å². The van der Waals surface area contributed by atoms with Gasteiger partial charge in [0.25, 0.3) is 10.0 Å². The summed E-state index contributed by atoms with van der Waals surface area (Å²) in [7, 11) is -8.06. The van der Waals surface area contributed by atoms with Crippen molar-refractivity contribution in [2.45, 2.75) is 16.0 Å². The molecule has 3 N–H and O–H groups in total. The number of anilines is 1. The third-order valence-electron chi connectivity index (χ3n) is 2.93.